The zero-order chi connectivity index (χ0) is 25.0. The van der Waals surface area contributed by atoms with Crippen LogP contribution in [0, 0.1) is 0 Å². The number of halogens is 1. The number of hydrogen-bond donors (Lipinski definition) is 1. The molecule has 0 fully saturated rings. The summed E-state index contributed by atoms with van der Waals surface area (Å²) in [5, 5.41) is 11.5. The number of rotatable bonds is 15. The molecule has 1 N–H and O–H groups in total. The Hall–Kier alpha value is -1.35. The number of hydrogen-bond acceptors (Lipinski definition) is 1. The summed E-state index contributed by atoms with van der Waals surface area (Å²) in [5.41, 5.74) is 3.69. The van der Waals surface area contributed by atoms with Crippen LogP contribution in [0.25, 0.3) is 0 Å². The van der Waals surface area contributed by atoms with Gasteiger partial charge in [0.15, 0.2) is 0 Å². The molecule has 198 valence electrons. The molecule has 2 aromatic rings. The standard InChI is InChI=1S/C32H52NO.ClH/c1-7-8-9-10-11-12-13-14-15-19-26-33(5,6)30(31(34)28-20-17-16-18-21-28)27-22-24-29(25-23-27)32(2,3)4;/h16-18,20-25,30-31,34H,7-15,19,26H2,1-6H3;1H/q+1;/p-1. The first-order valence-electron chi connectivity index (χ1n) is 13.8. The Labute approximate surface area is 223 Å². The van der Waals surface area contributed by atoms with Crippen LogP contribution < -0.4 is 12.4 Å². The van der Waals surface area contributed by atoms with Gasteiger partial charge in [0.2, 0.25) is 0 Å². The zero-order valence-corrected chi connectivity index (χ0v) is 24.2. The first-order valence-corrected chi connectivity index (χ1v) is 13.8. The zero-order valence-electron chi connectivity index (χ0n) is 23.4. The van der Waals surface area contributed by atoms with Crippen LogP contribution in [0.2, 0.25) is 0 Å². The van der Waals surface area contributed by atoms with Crippen LogP contribution in [0.3, 0.4) is 0 Å². The number of quaternary nitrogens is 1. The first kappa shape index (κ1) is 31.7. The normalized spacial score (nSPS) is 13.8. The van der Waals surface area contributed by atoms with Gasteiger partial charge >= 0.3 is 0 Å². The third-order valence-corrected chi connectivity index (χ3v) is 7.40. The molecule has 2 atom stereocenters. The van der Waals surface area contributed by atoms with E-state index in [2.05, 4.69) is 78.2 Å². The summed E-state index contributed by atoms with van der Waals surface area (Å²) in [4.78, 5) is 0. The van der Waals surface area contributed by atoms with Crippen molar-refractivity contribution in [3.63, 3.8) is 0 Å². The maximum Gasteiger partial charge on any atom is 0.145 e. The Morgan fingerprint density at radius 3 is 1.66 bits per heavy atom. The lowest BCUT2D eigenvalue weighted by molar-refractivity contribution is -0.926. The fourth-order valence-electron chi connectivity index (χ4n) is 5.13. The minimum atomic E-state index is -0.528. The van der Waals surface area contributed by atoms with Gasteiger partial charge in [-0.15, -0.1) is 0 Å². The molecule has 0 aliphatic rings. The highest BCUT2D eigenvalue weighted by Crippen LogP contribution is 2.38. The predicted octanol–water partition coefficient (Wildman–Crippen LogP) is 5.76. The number of benzene rings is 2. The summed E-state index contributed by atoms with van der Waals surface area (Å²) in [5.74, 6) is 0. The lowest BCUT2D eigenvalue weighted by Gasteiger charge is -2.41. The Balaban J connectivity index is 0.00000612. The summed E-state index contributed by atoms with van der Waals surface area (Å²) in [6, 6.07) is 19.2. The molecule has 0 aliphatic carbocycles. The third kappa shape index (κ3) is 10.7. The van der Waals surface area contributed by atoms with Crippen LogP contribution in [0.15, 0.2) is 54.6 Å². The molecule has 2 rings (SSSR count). The van der Waals surface area contributed by atoms with Crippen LogP contribution >= 0.6 is 0 Å². The number of aliphatic hydroxyl groups excluding tert-OH is 1. The van der Waals surface area contributed by atoms with Gasteiger partial charge < -0.3 is 22.0 Å². The average molecular weight is 502 g/mol. The lowest BCUT2D eigenvalue weighted by atomic mass is 9.85. The SMILES string of the molecule is CCCCCCCCCCCC[N+](C)(C)C(c1ccc(C(C)(C)C)cc1)C(O)c1ccccc1.[Cl-]. The van der Waals surface area contributed by atoms with E-state index in [9.17, 15) is 5.11 Å². The molecule has 0 heterocycles. The minimum absolute atomic E-state index is 0. The van der Waals surface area contributed by atoms with E-state index in [4.69, 9.17) is 0 Å². The molecule has 0 bridgehead atoms. The van der Waals surface area contributed by atoms with Crippen molar-refractivity contribution in [1.29, 1.82) is 0 Å². The van der Waals surface area contributed by atoms with E-state index in [1.165, 1.54) is 75.3 Å². The van der Waals surface area contributed by atoms with Gasteiger partial charge in [0.05, 0.1) is 20.6 Å². The molecule has 2 nitrogen and oxygen atoms in total. The van der Waals surface area contributed by atoms with Crippen molar-refractivity contribution in [2.24, 2.45) is 0 Å². The molecule has 0 saturated heterocycles. The van der Waals surface area contributed by atoms with Crippen molar-refractivity contribution in [2.75, 3.05) is 20.6 Å². The predicted molar refractivity (Wildman–Crippen MR) is 148 cm³/mol. The fourth-order valence-corrected chi connectivity index (χ4v) is 5.13. The monoisotopic (exact) mass is 501 g/mol. The van der Waals surface area contributed by atoms with Gasteiger partial charge in [0.25, 0.3) is 0 Å². The van der Waals surface area contributed by atoms with Gasteiger partial charge in [-0.25, -0.2) is 0 Å². The second-order valence-electron chi connectivity index (χ2n) is 11.9. The molecule has 2 aromatic carbocycles. The molecule has 3 heteroatoms. The molecule has 35 heavy (non-hydrogen) atoms. The summed E-state index contributed by atoms with van der Waals surface area (Å²) >= 11 is 0. The molecule has 0 amide bonds. The fraction of sp³-hybridized carbons (Fsp3) is 0.625. The molecule has 0 spiro atoms. The van der Waals surface area contributed by atoms with Gasteiger partial charge in [-0.1, -0.05) is 134 Å². The van der Waals surface area contributed by atoms with Crippen molar-refractivity contribution in [2.45, 2.75) is 109 Å². The smallest absolute Gasteiger partial charge is 0.145 e. The summed E-state index contributed by atoms with van der Waals surface area (Å²) in [6.45, 7) is 10.1. The van der Waals surface area contributed by atoms with Crippen LogP contribution in [-0.4, -0.2) is 30.2 Å². The van der Waals surface area contributed by atoms with Crippen molar-refractivity contribution in [1.82, 2.24) is 0 Å². The summed E-state index contributed by atoms with van der Waals surface area (Å²) in [6.07, 6.45) is 13.0. The van der Waals surface area contributed by atoms with Crippen LogP contribution in [0.4, 0.5) is 0 Å². The number of aliphatic hydroxyl groups is 1. The summed E-state index contributed by atoms with van der Waals surface area (Å²) < 4.78 is 0.794. The van der Waals surface area contributed by atoms with Crippen molar-refractivity contribution in [3.05, 3.63) is 71.3 Å². The van der Waals surface area contributed by atoms with E-state index in [-0.39, 0.29) is 23.9 Å². The van der Waals surface area contributed by atoms with E-state index in [0.29, 0.717) is 0 Å². The Bertz CT molecular complexity index is 795. The highest BCUT2D eigenvalue weighted by Gasteiger charge is 2.37. The molecular formula is C32H52ClNO. The van der Waals surface area contributed by atoms with E-state index >= 15 is 0 Å². The minimum Gasteiger partial charge on any atom is -1.00 e. The van der Waals surface area contributed by atoms with Gasteiger partial charge in [0.1, 0.15) is 12.1 Å². The quantitative estimate of drug-likeness (QED) is 0.243. The van der Waals surface area contributed by atoms with Gasteiger partial charge in [-0.2, -0.15) is 0 Å². The van der Waals surface area contributed by atoms with Gasteiger partial charge in [-0.05, 0) is 29.4 Å². The Morgan fingerprint density at radius 1 is 0.686 bits per heavy atom. The molecule has 0 aliphatic heterocycles. The number of likely N-dealkylation sites (N-methyl/N-ethyl adjacent to an activating group) is 1. The van der Waals surface area contributed by atoms with Crippen LogP contribution in [0.1, 0.15) is 121 Å². The lowest BCUT2D eigenvalue weighted by Crippen LogP contribution is -3.00. The molecule has 0 aromatic heterocycles. The Kier molecular flexibility index (Phi) is 14.2. The molecule has 0 saturated carbocycles. The average Bonchev–Trinajstić information content (AvgIpc) is 2.80. The molecular weight excluding hydrogens is 450 g/mol. The number of nitrogens with zero attached hydrogens (tertiary/aromatic N) is 1. The largest absolute Gasteiger partial charge is 1.00 e. The summed E-state index contributed by atoms with van der Waals surface area (Å²) in [7, 11) is 4.59. The highest BCUT2D eigenvalue weighted by molar-refractivity contribution is 5.31. The molecule has 0 radical (unpaired) electrons. The molecule has 2 unspecified atom stereocenters. The van der Waals surface area contributed by atoms with Crippen molar-refractivity contribution in [3.8, 4) is 0 Å². The van der Waals surface area contributed by atoms with Gasteiger partial charge in [-0.3, -0.25) is 0 Å². The maximum atomic E-state index is 11.5. The van der Waals surface area contributed by atoms with Crippen LogP contribution in [0.5, 0.6) is 0 Å². The van der Waals surface area contributed by atoms with E-state index < -0.39 is 6.10 Å². The first-order chi connectivity index (χ1) is 16.2. The second-order valence-corrected chi connectivity index (χ2v) is 11.9. The van der Waals surface area contributed by atoms with Crippen molar-refractivity contribution >= 4 is 0 Å². The van der Waals surface area contributed by atoms with Crippen molar-refractivity contribution < 1.29 is 22.0 Å². The van der Waals surface area contributed by atoms with Crippen LogP contribution in [-0.2, 0) is 5.41 Å². The van der Waals surface area contributed by atoms with E-state index in [1.54, 1.807) is 0 Å². The number of unbranched alkanes of at least 4 members (excludes halogenated alkanes) is 9. The highest BCUT2D eigenvalue weighted by atomic mass is 35.5. The topological polar surface area (TPSA) is 20.2 Å². The Morgan fingerprint density at radius 2 is 1.17 bits per heavy atom. The van der Waals surface area contributed by atoms with E-state index in [1.807, 2.05) is 18.2 Å². The maximum absolute atomic E-state index is 11.5. The second kappa shape index (κ2) is 15.7. The third-order valence-electron chi connectivity index (χ3n) is 7.40. The van der Waals surface area contributed by atoms with E-state index in [0.717, 1.165) is 16.6 Å². The van der Waals surface area contributed by atoms with Gasteiger partial charge in [0, 0.05) is 5.56 Å².